The first-order valence-corrected chi connectivity index (χ1v) is 9.26. The summed E-state index contributed by atoms with van der Waals surface area (Å²) >= 11 is 0. The zero-order chi connectivity index (χ0) is 20.3. The van der Waals surface area contributed by atoms with Gasteiger partial charge in [0.25, 0.3) is 5.88 Å². The molecule has 1 saturated carbocycles. The summed E-state index contributed by atoms with van der Waals surface area (Å²) in [5, 5.41) is 9.60. The lowest BCUT2D eigenvalue weighted by molar-refractivity contribution is 0.141. The molecule has 0 spiro atoms. The molecule has 29 heavy (non-hydrogen) atoms. The van der Waals surface area contributed by atoms with Crippen LogP contribution >= 0.6 is 0 Å². The SMILES string of the molecule is COc1ccccc1Oc1c(N)nc(-c2ccncc2)nc1OCC1(CO)CC1. The molecule has 1 aromatic carbocycles. The predicted octanol–water partition coefficient (Wildman–Crippen LogP) is 3.07. The Morgan fingerprint density at radius 3 is 2.45 bits per heavy atom. The van der Waals surface area contributed by atoms with Crippen LogP contribution in [0, 0.1) is 5.41 Å². The topological polar surface area (TPSA) is 113 Å². The lowest BCUT2D eigenvalue weighted by Crippen LogP contribution is -2.18. The number of ether oxygens (including phenoxy) is 3. The van der Waals surface area contributed by atoms with E-state index in [1.54, 1.807) is 43.8 Å². The Morgan fingerprint density at radius 1 is 1.07 bits per heavy atom. The minimum atomic E-state index is -0.224. The average Bonchev–Trinajstić information content (AvgIpc) is 3.55. The second-order valence-corrected chi connectivity index (χ2v) is 7.00. The highest BCUT2D eigenvalue weighted by Gasteiger charge is 2.43. The third kappa shape index (κ3) is 4.07. The standard InChI is InChI=1S/C21H22N4O4/c1-27-15-4-2-3-5-16(15)29-17-18(22)24-19(14-6-10-23-11-7-14)25-20(17)28-13-21(12-26)8-9-21/h2-7,10-11,26H,8-9,12-13H2,1H3,(H2,22,24,25). The normalized spacial score (nSPS) is 14.3. The highest BCUT2D eigenvalue weighted by atomic mass is 16.5. The molecule has 8 heteroatoms. The van der Waals surface area contributed by atoms with E-state index in [2.05, 4.69) is 15.0 Å². The maximum absolute atomic E-state index is 9.60. The molecule has 0 atom stereocenters. The van der Waals surface area contributed by atoms with Crippen LogP contribution in [0.5, 0.6) is 23.1 Å². The van der Waals surface area contributed by atoms with Crippen molar-refractivity contribution in [3.05, 3.63) is 48.8 Å². The van der Waals surface area contributed by atoms with E-state index in [0.29, 0.717) is 23.9 Å². The Morgan fingerprint density at radius 2 is 1.79 bits per heavy atom. The smallest absolute Gasteiger partial charge is 0.263 e. The fraction of sp³-hybridized carbons (Fsp3) is 0.286. The fourth-order valence-electron chi connectivity index (χ4n) is 2.83. The third-order valence-electron chi connectivity index (χ3n) is 4.89. The van der Waals surface area contributed by atoms with Crippen molar-refractivity contribution in [3.63, 3.8) is 0 Å². The van der Waals surface area contributed by atoms with Crippen molar-refractivity contribution in [1.82, 2.24) is 15.0 Å². The molecule has 0 amide bonds. The number of nitrogens with zero attached hydrogens (tertiary/aromatic N) is 3. The van der Waals surface area contributed by atoms with Crippen molar-refractivity contribution in [2.24, 2.45) is 5.41 Å². The number of anilines is 1. The van der Waals surface area contributed by atoms with Gasteiger partial charge in [0.2, 0.25) is 5.75 Å². The van der Waals surface area contributed by atoms with E-state index in [-0.39, 0.29) is 29.5 Å². The lowest BCUT2D eigenvalue weighted by Gasteiger charge is -2.18. The first-order chi connectivity index (χ1) is 14.1. The van der Waals surface area contributed by atoms with Crippen molar-refractivity contribution in [2.45, 2.75) is 12.8 Å². The molecule has 150 valence electrons. The number of para-hydroxylation sites is 2. The largest absolute Gasteiger partial charge is 0.493 e. The van der Waals surface area contributed by atoms with Gasteiger partial charge in [-0.25, -0.2) is 4.98 Å². The number of nitrogens with two attached hydrogens (primary N) is 1. The Kier molecular flexibility index (Phi) is 5.18. The number of aromatic nitrogens is 3. The van der Waals surface area contributed by atoms with Crippen LogP contribution in [-0.4, -0.2) is 40.4 Å². The fourth-order valence-corrected chi connectivity index (χ4v) is 2.83. The Balaban J connectivity index is 1.72. The summed E-state index contributed by atoms with van der Waals surface area (Å²) in [6.07, 6.45) is 5.12. The molecule has 0 radical (unpaired) electrons. The maximum atomic E-state index is 9.60. The van der Waals surface area contributed by atoms with Crippen molar-refractivity contribution in [1.29, 1.82) is 0 Å². The van der Waals surface area contributed by atoms with Crippen LogP contribution in [0.1, 0.15) is 12.8 Å². The lowest BCUT2D eigenvalue weighted by atomic mass is 10.1. The summed E-state index contributed by atoms with van der Waals surface area (Å²) in [4.78, 5) is 12.9. The van der Waals surface area contributed by atoms with Gasteiger partial charge >= 0.3 is 0 Å². The summed E-state index contributed by atoms with van der Waals surface area (Å²) < 4.78 is 17.3. The predicted molar refractivity (Wildman–Crippen MR) is 107 cm³/mol. The highest BCUT2D eigenvalue weighted by molar-refractivity contribution is 5.63. The first kappa shape index (κ1) is 18.9. The van der Waals surface area contributed by atoms with Gasteiger partial charge in [-0.3, -0.25) is 4.98 Å². The van der Waals surface area contributed by atoms with Crippen molar-refractivity contribution < 1.29 is 19.3 Å². The van der Waals surface area contributed by atoms with Crippen LogP contribution in [0.2, 0.25) is 0 Å². The van der Waals surface area contributed by atoms with E-state index in [0.717, 1.165) is 18.4 Å². The molecule has 8 nitrogen and oxygen atoms in total. The van der Waals surface area contributed by atoms with E-state index in [1.165, 1.54) is 0 Å². The number of hydrogen-bond acceptors (Lipinski definition) is 8. The average molecular weight is 394 g/mol. The summed E-state index contributed by atoms with van der Waals surface area (Å²) in [6.45, 7) is 0.380. The van der Waals surface area contributed by atoms with E-state index >= 15 is 0 Å². The molecule has 1 aliphatic rings. The summed E-state index contributed by atoms with van der Waals surface area (Å²) in [7, 11) is 1.56. The Bertz CT molecular complexity index is 993. The molecule has 1 fully saturated rings. The molecular formula is C21H22N4O4. The Labute approximate surface area is 168 Å². The monoisotopic (exact) mass is 394 g/mol. The van der Waals surface area contributed by atoms with Gasteiger partial charge in [0.15, 0.2) is 23.1 Å². The zero-order valence-corrected chi connectivity index (χ0v) is 16.0. The van der Waals surface area contributed by atoms with Gasteiger partial charge in [-0.1, -0.05) is 12.1 Å². The second kappa shape index (κ2) is 7.92. The van der Waals surface area contributed by atoms with E-state index in [9.17, 15) is 5.11 Å². The molecular weight excluding hydrogens is 372 g/mol. The van der Waals surface area contributed by atoms with Crippen molar-refractivity contribution in [3.8, 4) is 34.5 Å². The molecule has 0 unspecified atom stereocenters. The quantitative estimate of drug-likeness (QED) is 0.599. The number of rotatable bonds is 8. The molecule has 0 bridgehead atoms. The molecule has 3 N–H and O–H groups in total. The van der Waals surface area contributed by atoms with E-state index in [4.69, 9.17) is 19.9 Å². The van der Waals surface area contributed by atoms with Gasteiger partial charge in [-0.2, -0.15) is 4.98 Å². The Hall–Kier alpha value is -3.39. The number of methoxy groups -OCH3 is 1. The van der Waals surface area contributed by atoms with Crippen LogP contribution in [-0.2, 0) is 0 Å². The molecule has 4 rings (SSSR count). The van der Waals surface area contributed by atoms with Crippen LogP contribution in [0.25, 0.3) is 11.4 Å². The molecule has 2 heterocycles. The van der Waals surface area contributed by atoms with Gasteiger partial charge in [0.1, 0.15) is 0 Å². The zero-order valence-electron chi connectivity index (χ0n) is 16.0. The molecule has 0 saturated heterocycles. The van der Waals surface area contributed by atoms with Gasteiger partial charge in [-0.05, 0) is 37.1 Å². The van der Waals surface area contributed by atoms with E-state index < -0.39 is 0 Å². The van der Waals surface area contributed by atoms with Crippen molar-refractivity contribution in [2.75, 3.05) is 26.1 Å². The molecule has 2 aromatic heterocycles. The molecule has 3 aromatic rings. The van der Waals surface area contributed by atoms with Gasteiger partial charge in [0, 0.05) is 23.4 Å². The summed E-state index contributed by atoms with van der Waals surface area (Å²) in [5.74, 6) is 1.99. The van der Waals surface area contributed by atoms with Crippen molar-refractivity contribution >= 4 is 5.82 Å². The third-order valence-corrected chi connectivity index (χ3v) is 4.89. The highest BCUT2D eigenvalue weighted by Crippen LogP contribution is 2.46. The number of hydrogen-bond donors (Lipinski definition) is 2. The van der Waals surface area contributed by atoms with E-state index in [1.807, 2.05) is 12.1 Å². The summed E-state index contributed by atoms with van der Waals surface area (Å²) in [6, 6.07) is 10.8. The van der Waals surface area contributed by atoms with Gasteiger partial charge in [-0.15, -0.1) is 0 Å². The first-order valence-electron chi connectivity index (χ1n) is 9.26. The summed E-state index contributed by atoms with van der Waals surface area (Å²) in [5.41, 5.74) is 6.75. The van der Waals surface area contributed by atoms with Crippen LogP contribution in [0.4, 0.5) is 5.82 Å². The van der Waals surface area contributed by atoms with Crippen LogP contribution in [0.15, 0.2) is 48.8 Å². The number of nitrogen functional groups attached to an aromatic ring is 1. The minimum Gasteiger partial charge on any atom is -0.493 e. The second-order valence-electron chi connectivity index (χ2n) is 7.00. The van der Waals surface area contributed by atoms with Gasteiger partial charge in [0.05, 0.1) is 20.3 Å². The molecule has 1 aliphatic carbocycles. The maximum Gasteiger partial charge on any atom is 0.263 e. The number of aliphatic hydroxyl groups is 1. The number of aliphatic hydroxyl groups excluding tert-OH is 1. The van der Waals surface area contributed by atoms with Gasteiger partial charge < -0.3 is 25.1 Å². The number of benzene rings is 1. The van der Waals surface area contributed by atoms with Crippen LogP contribution in [0.3, 0.4) is 0 Å². The number of pyridine rings is 1. The molecule has 0 aliphatic heterocycles. The minimum absolute atomic E-state index is 0.0630. The van der Waals surface area contributed by atoms with Crippen LogP contribution < -0.4 is 19.9 Å².